The molecule has 1 aromatic carbocycles. The number of hydrogen-bond acceptors (Lipinski definition) is 7. The third-order valence-corrected chi connectivity index (χ3v) is 6.29. The van der Waals surface area contributed by atoms with Gasteiger partial charge in [-0.3, -0.25) is 14.2 Å². The number of nitrogens with zero attached hydrogens (tertiary/aromatic N) is 3. The van der Waals surface area contributed by atoms with Crippen LogP contribution in [0.15, 0.2) is 34.4 Å². The number of methoxy groups -OCH3 is 2. The molecule has 3 aromatic rings. The van der Waals surface area contributed by atoms with Crippen molar-refractivity contribution in [2.75, 3.05) is 14.2 Å². The quantitative estimate of drug-likeness (QED) is 0.483. The van der Waals surface area contributed by atoms with Crippen LogP contribution in [0.4, 0.5) is 0 Å². The summed E-state index contributed by atoms with van der Waals surface area (Å²) in [5.74, 6) is 0.830. The molecule has 0 atom stereocenters. The van der Waals surface area contributed by atoms with E-state index in [9.17, 15) is 9.59 Å². The number of ether oxygens (including phenoxy) is 2. The minimum atomic E-state index is -0.416. The molecule has 0 radical (unpaired) electrons. The SMILES string of the molecule is COc1ccc(OC)c(C=NNC(=O)Cn2cnc3sc4c(c3c2=O)CCCC4)c1. The van der Waals surface area contributed by atoms with Gasteiger partial charge in [0.05, 0.1) is 32.1 Å². The lowest BCUT2D eigenvalue weighted by atomic mass is 9.97. The third-order valence-electron chi connectivity index (χ3n) is 5.09. The van der Waals surface area contributed by atoms with Crippen molar-refractivity contribution in [2.45, 2.75) is 32.2 Å². The molecule has 0 unspecified atom stereocenters. The van der Waals surface area contributed by atoms with Crippen LogP contribution in [0.3, 0.4) is 0 Å². The Morgan fingerprint density at radius 3 is 2.93 bits per heavy atom. The Bertz CT molecular complexity index is 1180. The summed E-state index contributed by atoms with van der Waals surface area (Å²) in [4.78, 5) is 31.7. The summed E-state index contributed by atoms with van der Waals surface area (Å²) in [7, 11) is 3.12. The largest absolute Gasteiger partial charge is 0.497 e. The van der Waals surface area contributed by atoms with E-state index in [0.717, 1.165) is 36.1 Å². The Balaban J connectivity index is 1.50. The van der Waals surface area contributed by atoms with Crippen molar-refractivity contribution in [2.24, 2.45) is 5.10 Å². The molecule has 0 saturated carbocycles. The second-order valence-electron chi connectivity index (χ2n) is 6.97. The van der Waals surface area contributed by atoms with Gasteiger partial charge in [0, 0.05) is 10.4 Å². The van der Waals surface area contributed by atoms with Gasteiger partial charge in [-0.05, 0) is 49.4 Å². The molecule has 1 amide bonds. The van der Waals surface area contributed by atoms with Crippen LogP contribution in [0.1, 0.15) is 28.8 Å². The highest BCUT2D eigenvalue weighted by Gasteiger charge is 2.20. The maximum atomic E-state index is 12.9. The van der Waals surface area contributed by atoms with Crippen molar-refractivity contribution in [3.05, 3.63) is 50.9 Å². The monoisotopic (exact) mass is 426 g/mol. The number of benzene rings is 1. The van der Waals surface area contributed by atoms with Crippen LogP contribution in [-0.4, -0.2) is 35.9 Å². The Morgan fingerprint density at radius 1 is 1.30 bits per heavy atom. The highest BCUT2D eigenvalue weighted by Crippen LogP contribution is 2.33. The Labute approximate surface area is 177 Å². The first kappa shape index (κ1) is 20.1. The van der Waals surface area contributed by atoms with Gasteiger partial charge >= 0.3 is 0 Å². The minimum absolute atomic E-state index is 0.154. The molecule has 2 heterocycles. The maximum Gasteiger partial charge on any atom is 0.262 e. The smallest absolute Gasteiger partial charge is 0.262 e. The van der Waals surface area contributed by atoms with Crippen LogP contribution in [0.5, 0.6) is 11.5 Å². The van der Waals surface area contributed by atoms with Gasteiger partial charge in [0.25, 0.3) is 11.5 Å². The first-order chi connectivity index (χ1) is 14.6. The molecular weight excluding hydrogens is 404 g/mol. The van der Waals surface area contributed by atoms with Crippen LogP contribution in [-0.2, 0) is 24.2 Å². The highest BCUT2D eigenvalue weighted by atomic mass is 32.1. The number of aryl methyl sites for hydroxylation is 2. The Kier molecular flexibility index (Phi) is 5.80. The predicted molar refractivity (Wildman–Crippen MR) is 116 cm³/mol. The van der Waals surface area contributed by atoms with Crippen LogP contribution in [0, 0.1) is 0 Å². The van der Waals surface area contributed by atoms with Gasteiger partial charge in [-0.2, -0.15) is 5.10 Å². The first-order valence-electron chi connectivity index (χ1n) is 9.64. The second kappa shape index (κ2) is 8.66. The second-order valence-corrected chi connectivity index (χ2v) is 8.05. The molecule has 9 heteroatoms. The van der Waals surface area contributed by atoms with Gasteiger partial charge < -0.3 is 9.47 Å². The van der Waals surface area contributed by atoms with Crippen molar-refractivity contribution in [1.29, 1.82) is 0 Å². The summed E-state index contributed by atoms with van der Waals surface area (Å²) < 4.78 is 11.8. The van der Waals surface area contributed by atoms with E-state index in [4.69, 9.17) is 9.47 Å². The molecule has 4 rings (SSSR count). The molecule has 30 heavy (non-hydrogen) atoms. The summed E-state index contributed by atoms with van der Waals surface area (Å²) in [6, 6.07) is 5.27. The molecule has 0 aliphatic heterocycles. The fourth-order valence-electron chi connectivity index (χ4n) is 3.60. The van der Waals surface area contributed by atoms with Gasteiger partial charge in [0.15, 0.2) is 0 Å². The molecule has 156 valence electrons. The zero-order valence-electron chi connectivity index (χ0n) is 16.8. The van der Waals surface area contributed by atoms with E-state index in [1.165, 1.54) is 22.0 Å². The standard InChI is InChI=1S/C21H22N4O4S/c1-28-14-7-8-16(29-2)13(9-14)10-23-24-18(26)11-25-12-22-20-19(21(25)27)15-5-3-4-6-17(15)30-20/h7-10,12H,3-6,11H2,1-2H3,(H,24,26). The average Bonchev–Trinajstić information content (AvgIpc) is 3.15. The molecule has 0 spiro atoms. The Hall–Kier alpha value is -3.20. The van der Waals surface area contributed by atoms with E-state index in [1.54, 1.807) is 43.8 Å². The number of hydrogen-bond donors (Lipinski definition) is 1. The normalized spacial score (nSPS) is 13.4. The lowest BCUT2D eigenvalue weighted by molar-refractivity contribution is -0.121. The van der Waals surface area contributed by atoms with Gasteiger partial charge in [0.2, 0.25) is 0 Å². The van der Waals surface area contributed by atoms with Crippen molar-refractivity contribution in [1.82, 2.24) is 15.0 Å². The van der Waals surface area contributed by atoms with Gasteiger partial charge in [-0.25, -0.2) is 10.4 Å². The number of hydrazone groups is 1. The molecule has 0 saturated heterocycles. The lowest BCUT2D eigenvalue weighted by Gasteiger charge is -2.10. The van der Waals surface area contributed by atoms with Crippen molar-refractivity contribution in [3.63, 3.8) is 0 Å². The predicted octanol–water partition coefficient (Wildman–Crippen LogP) is 2.50. The van der Waals surface area contributed by atoms with Gasteiger partial charge in [0.1, 0.15) is 22.9 Å². The number of amides is 1. The Morgan fingerprint density at radius 2 is 2.13 bits per heavy atom. The van der Waals surface area contributed by atoms with E-state index in [2.05, 4.69) is 15.5 Å². The fourth-order valence-corrected chi connectivity index (χ4v) is 4.82. The third kappa shape index (κ3) is 3.93. The number of nitrogens with one attached hydrogen (secondary N) is 1. The molecule has 2 aromatic heterocycles. The summed E-state index contributed by atoms with van der Waals surface area (Å²) in [5, 5.41) is 4.64. The lowest BCUT2D eigenvalue weighted by Crippen LogP contribution is -2.30. The average molecular weight is 426 g/mol. The van der Waals surface area contributed by atoms with Crippen molar-refractivity contribution in [3.8, 4) is 11.5 Å². The summed E-state index contributed by atoms with van der Waals surface area (Å²) in [6.45, 7) is -0.154. The number of thiophene rings is 1. The molecular formula is C21H22N4O4S. The van der Waals surface area contributed by atoms with Crippen molar-refractivity contribution < 1.29 is 14.3 Å². The number of carbonyl (C=O) groups is 1. The minimum Gasteiger partial charge on any atom is -0.497 e. The van der Waals surface area contributed by atoms with Crippen molar-refractivity contribution >= 4 is 33.7 Å². The van der Waals surface area contributed by atoms with Gasteiger partial charge in [-0.1, -0.05) is 0 Å². The van der Waals surface area contributed by atoms with E-state index >= 15 is 0 Å². The molecule has 1 aliphatic rings. The van der Waals surface area contributed by atoms with Crippen LogP contribution >= 0.6 is 11.3 Å². The highest BCUT2D eigenvalue weighted by molar-refractivity contribution is 7.18. The van der Waals surface area contributed by atoms with Crippen LogP contribution in [0.25, 0.3) is 10.2 Å². The van der Waals surface area contributed by atoms with Gasteiger partial charge in [-0.15, -0.1) is 11.3 Å². The maximum absolute atomic E-state index is 12.9. The topological polar surface area (TPSA) is 94.8 Å². The summed E-state index contributed by atoms with van der Waals surface area (Å²) in [5.41, 5.74) is 4.04. The van der Waals surface area contributed by atoms with E-state index in [-0.39, 0.29) is 12.1 Å². The molecule has 1 N–H and O–H groups in total. The summed E-state index contributed by atoms with van der Waals surface area (Å²) >= 11 is 1.59. The van der Waals surface area contributed by atoms with Crippen LogP contribution < -0.4 is 20.5 Å². The van der Waals surface area contributed by atoms with E-state index in [1.807, 2.05) is 0 Å². The fraction of sp³-hybridized carbons (Fsp3) is 0.333. The van der Waals surface area contributed by atoms with E-state index in [0.29, 0.717) is 22.4 Å². The number of fused-ring (bicyclic) bond motifs is 3. The first-order valence-corrected chi connectivity index (χ1v) is 10.5. The summed E-state index contributed by atoms with van der Waals surface area (Å²) in [6.07, 6.45) is 7.02. The number of rotatable bonds is 6. The number of carbonyl (C=O) groups excluding carboxylic acids is 1. The van der Waals surface area contributed by atoms with E-state index < -0.39 is 5.91 Å². The number of aromatic nitrogens is 2. The molecule has 0 fully saturated rings. The molecule has 1 aliphatic carbocycles. The molecule has 0 bridgehead atoms. The molecule has 8 nitrogen and oxygen atoms in total. The zero-order valence-corrected chi connectivity index (χ0v) is 17.6. The van der Waals surface area contributed by atoms with Crippen LogP contribution in [0.2, 0.25) is 0 Å². The zero-order chi connectivity index (χ0) is 21.1.